The van der Waals surface area contributed by atoms with Gasteiger partial charge in [0.2, 0.25) is 0 Å². The van der Waals surface area contributed by atoms with Gasteiger partial charge in [-0.05, 0) is 17.7 Å². The van der Waals surface area contributed by atoms with Crippen molar-refractivity contribution in [2.24, 2.45) is 5.10 Å². The summed E-state index contributed by atoms with van der Waals surface area (Å²) in [7, 11) is 0. The van der Waals surface area contributed by atoms with Gasteiger partial charge in [0.15, 0.2) is 0 Å². The second-order valence-corrected chi connectivity index (χ2v) is 3.92. The molecule has 0 saturated heterocycles. The Balaban J connectivity index is 2.10. The molecule has 0 fully saturated rings. The molecule has 0 aliphatic carbocycles. The predicted octanol–water partition coefficient (Wildman–Crippen LogP) is 3.64. The highest BCUT2D eigenvalue weighted by Crippen LogP contribution is 2.24. The number of anilines is 1. The molecule has 3 rings (SSSR count). The minimum Gasteiger partial charge on any atom is -0.278 e. The molecule has 0 bridgehead atoms. The van der Waals surface area contributed by atoms with E-state index in [4.69, 9.17) is 0 Å². The molecule has 2 aromatic carbocycles. The van der Waals surface area contributed by atoms with E-state index >= 15 is 0 Å². The number of para-hydroxylation sites is 1. The van der Waals surface area contributed by atoms with Crippen molar-refractivity contribution in [2.75, 3.05) is 5.43 Å². The average Bonchev–Trinajstić information content (AvgIpc) is 2.62. The van der Waals surface area contributed by atoms with Crippen LogP contribution < -0.4 is 5.43 Å². The molecule has 17 heavy (non-hydrogen) atoms. The normalized spacial score (nSPS) is 13.3. The maximum absolute atomic E-state index is 4.23. The molecule has 1 aliphatic heterocycles. The van der Waals surface area contributed by atoms with Crippen molar-refractivity contribution in [2.45, 2.75) is 0 Å². The number of allylic oxidation sites excluding steroid dienone is 1. The monoisotopic (exact) mass is 220 g/mol. The molecule has 2 aromatic rings. The maximum Gasteiger partial charge on any atom is 0.0634 e. The lowest BCUT2D eigenvalue weighted by Gasteiger charge is -2.02. The fourth-order valence-electron chi connectivity index (χ4n) is 1.89. The molecule has 0 unspecified atom stereocenters. The van der Waals surface area contributed by atoms with E-state index in [2.05, 4.69) is 34.8 Å². The minimum absolute atomic E-state index is 1.04. The fourth-order valence-corrected chi connectivity index (χ4v) is 1.89. The zero-order valence-electron chi connectivity index (χ0n) is 9.30. The van der Waals surface area contributed by atoms with E-state index in [0.717, 1.165) is 16.8 Å². The van der Waals surface area contributed by atoms with E-state index < -0.39 is 0 Å². The topological polar surface area (TPSA) is 24.4 Å². The Morgan fingerprint density at radius 2 is 1.59 bits per heavy atom. The van der Waals surface area contributed by atoms with Crippen LogP contribution in [0.25, 0.3) is 11.6 Å². The Hall–Kier alpha value is -2.35. The SMILES string of the molecule is C1=NNc2ccccc2C=C1c1ccccc1. The van der Waals surface area contributed by atoms with Gasteiger partial charge in [-0.25, -0.2) is 0 Å². The van der Waals surface area contributed by atoms with Gasteiger partial charge < -0.3 is 0 Å². The van der Waals surface area contributed by atoms with Gasteiger partial charge in [-0.15, -0.1) is 0 Å². The van der Waals surface area contributed by atoms with Crippen molar-refractivity contribution in [1.29, 1.82) is 0 Å². The molecule has 0 saturated carbocycles. The molecule has 0 spiro atoms. The summed E-state index contributed by atoms with van der Waals surface area (Å²) in [5.41, 5.74) is 7.52. The smallest absolute Gasteiger partial charge is 0.0634 e. The molecule has 0 amide bonds. The standard InChI is InChI=1S/C15H12N2/c1-2-6-12(7-3-1)14-10-13-8-4-5-9-15(13)17-16-11-14/h1-11,17H. The van der Waals surface area contributed by atoms with Crippen molar-refractivity contribution >= 4 is 23.6 Å². The largest absolute Gasteiger partial charge is 0.278 e. The van der Waals surface area contributed by atoms with Crippen LogP contribution >= 0.6 is 0 Å². The van der Waals surface area contributed by atoms with Gasteiger partial charge in [0, 0.05) is 11.1 Å². The summed E-state index contributed by atoms with van der Waals surface area (Å²) < 4.78 is 0. The highest BCUT2D eigenvalue weighted by molar-refractivity contribution is 6.17. The number of fused-ring (bicyclic) bond motifs is 1. The van der Waals surface area contributed by atoms with Crippen LogP contribution in [0.15, 0.2) is 59.7 Å². The molecule has 82 valence electrons. The predicted molar refractivity (Wildman–Crippen MR) is 72.9 cm³/mol. The summed E-state index contributed by atoms with van der Waals surface area (Å²) in [5.74, 6) is 0. The lowest BCUT2D eigenvalue weighted by molar-refractivity contribution is 1.36. The molecule has 2 nitrogen and oxygen atoms in total. The second kappa shape index (κ2) is 4.26. The first kappa shape index (κ1) is 9.85. The van der Waals surface area contributed by atoms with Crippen molar-refractivity contribution < 1.29 is 0 Å². The summed E-state index contributed by atoms with van der Waals surface area (Å²) in [5, 5.41) is 4.23. The van der Waals surface area contributed by atoms with Gasteiger partial charge in [-0.1, -0.05) is 48.5 Å². The third-order valence-electron chi connectivity index (χ3n) is 2.77. The molecule has 1 heterocycles. The summed E-state index contributed by atoms with van der Waals surface area (Å²) in [6.45, 7) is 0. The summed E-state index contributed by atoms with van der Waals surface area (Å²) in [6, 6.07) is 18.4. The van der Waals surface area contributed by atoms with Gasteiger partial charge in [0.1, 0.15) is 0 Å². The Labute approximate surface area is 100 Å². The third-order valence-corrected chi connectivity index (χ3v) is 2.77. The van der Waals surface area contributed by atoms with E-state index in [1.54, 1.807) is 0 Å². The van der Waals surface area contributed by atoms with Gasteiger partial charge >= 0.3 is 0 Å². The quantitative estimate of drug-likeness (QED) is 0.779. The number of benzene rings is 2. The zero-order valence-corrected chi connectivity index (χ0v) is 9.30. The second-order valence-electron chi connectivity index (χ2n) is 3.92. The molecule has 1 aliphatic rings. The lowest BCUT2D eigenvalue weighted by Crippen LogP contribution is -1.88. The molecule has 0 aromatic heterocycles. The van der Waals surface area contributed by atoms with E-state index in [9.17, 15) is 0 Å². The van der Waals surface area contributed by atoms with Crippen LogP contribution in [0.4, 0.5) is 5.69 Å². The highest BCUT2D eigenvalue weighted by atomic mass is 15.3. The van der Waals surface area contributed by atoms with Gasteiger partial charge in [0.05, 0.1) is 11.9 Å². The molecule has 2 heteroatoms. The number of hydrogen-bond donors (Lipinski definition) is 1. The number of hydrazone groups is 1. The van der Waals surface area contributed by atoms with Crippen molar-refractivity contribution in [3.63, 3.8) is 0 Å². The lowest BCUT2D eigenvalue weighted by atomic mass is 10.0. The van der Waals surface area contributed by atoms with Crippen molar-refractivity contribution in [3.8, 4) is 0 Å². The van der Waals surface area contributed by atoms with Crippen LogP contribution in [0.3, 0.4) is 0 Å². The van der Waals surface area contributed by atoms with Crippen LogP contribution in [0.5, 0.6) is 0 Å². The molecule has 0 atom stereocenters. The van der Waals surface area contributed by atoms with Crippen LogP contribution in [-0.2, 0) is 0 Å². The van der Waals surface area contributed by atoms with Crippen molar-refractivity contribution in [3.05, 3.63) is 65.7 Å². The zero-order chi connectivity index (χ0) is 11.5. The van der Waals surface area contributed by atoms with E-state index in [-0.39, 0.29) is 0 Å². The molecule has 0 radical (unpaired) electrons. The number of nitrogens with one attached hydrogen (secondary N) is 1. The van der Waals surface area contributed by atoms with Gasteiger partial charge in [-0.3, -0.25) is 5.43 Å². The minimum atomic E-state index is 1.04. The van der Waals surface area contributed by atoms with E-state index in [1.807, 2.05) is 42.6 Å². The Kier molecular flexibility index (Phi) is 2.47. The molecule has 1 N–H and O–H groups in total. The van der Waals surface area contributed by atoms with E-state index in [0.29, 0.717) is 0 Å². The Morgan fingerprint density at radius 3 is 2.47 bits per heavy atom. The fraction of sp³-hybridized carbons (Fsp3) is 0. The highest BCUT2D eigenvalue weighted by Gasteiger charge is 2.05. The van der Waals surface area contributed by atoms with Crippen LogP contribution in [0, 0.1) is 0 Å². The Bertz CT molecular complexity index is 583. The number of hydrogen-bond acceptors (Lipinski definition) is 2. The maximum atomic E-state index is 4.23. The van der Waals surface area contributed by atoms with Crippen LogP contribution in [-0.4, -0.2) is 6.21 Å². The summed E-state index contributed by atoms with van der Waals surface area (Å²) in [4.78, 5) is 0. The first-order valence-corrected chi connectivity index (χ1v) is 5.59. The number of rotatable bonds is 1. The van der Waals surface area contributed by atoms with E-state index in [1.165, 1.54) is 5.56 Å². The third kappa shape index (κ3) is 1.97. The van der Waals surface area contributed by atoms with Gasteiger partial charge in [-0.2, -0.15) is 5.10 Å². The van der Waals surface area contributed by atoms with Crippen LogP contribution in [0.1, 0.15) is 11.1 Å². The summed E-state index contributed by atoms with van der Waals surface area (Å²) >= 11 is 0. The first-order chi connectivity index (χ1) is 8.43. The number of nitrogens with zero attached hydrogens (tertiary/aromatic N) is 1. The average molecular weight is 220 g/mol. The van der Waals surface area contributed by atoms with Crippen molar-refractivity contribution in [1.82, 2.24) is 0 Å². The van der Waals surface area contributed by atoms with Crippen LogP contribution in [0.2, 0.25) is 0 Å². The first-order valence-electron chi connectivity index (χ1n) is 5.59. The molecular weight excluding hydrogens is 208 g/mol. The van der Waals surface area contributed by atoms with Gasteiger partial charge in [0.25, 0.3) is 0 Å². The summed E-state index contributed by atoms with van der Waals surface area (Å²) in [6.07, 6.45) is 4.00. The molecular formula is C15H12N2. The Morgan fingerprint density at radius 1 is 0.824 bits per heavy atom.